The van der Waals surface area contributed by atoms with E-state index in [9.17, 15) is 0 Å². The normalized spacial score (nSPS) is 21.2. The highest BCUT2D eigenvalue weighted by Crippen LogP contribution is 2.35. The molecule has 0 N–H and O–H groups in total. The Balaban J connectivity index is 1.88. The van der Waals surface area contributed by atoms with Crippen molar-refractivity contribution in [3.8, 4) is 11.4 Å². The second-order valence-electron chi connectivity index (χ2n) is 3.90. The molecule has 3 heterocycles. The molecule has 0 amide bonds. The van der Waals surface area contributed by atoms with Crippen LogP contribution >= 0.6 is 0 Å². The number of epoxide rings is 1. The predicted molar refractivity (Wildman–Crippen MR) is 51.0 cm³/mol. The molecule has 0 spiro atoms. The lowest BCUT2D eigenvalue weighted by Gasteiger charge is -2.00. The minimum atomic E-state index is 0.314. The van der Waals surface area contributed by atoms with Gasteiger partial charge in [-0.2, -0.15) is 0 Å². The summed E-state index contributed by atoms with van der Waals surface area (Å²) in [4.78, 5) is 0. The number of rotatable bonds is 1. The summed E-state index contributed by atoms with van der Waals surface area (Å²) in [5, 5.41) is 11.6. The van der Waals surface area contributed by atoms with Gasteiger partial charge in [0, 0.05) is 5.56 Å². The van der Waals surface area contributed by atoms with Crippen LogP contribution in [0.3, 0.4) is 0 Å². The molecule has 1 atom stereocenters. The number of benzene rings is 1. The fraction of sp³-hybridized carbons (Fsp3) is 0.300. The van der Waals surface area contributed by atoms with E-state index in [1.54, 1.807) is 0 Å². The van der Waals surface area contributed by atoms with Gasteiger partial charge in [0.25, 0.3) is 0 Å². The minimum Gasteiger partial charge on any atom is -0.368 e. The number of hydrogen-bond donors (Lipinski definition) is 0. The first-order valence-corrected chi connectivity index (χ1v) is 4.93. The Morgan fingerprint density at radius 2 is 2.33 bits per heavy atom. The molecule has 0 saturated carbocycles. The molecule has 4 rings (SSSR count). The van der Waals surface area contributed by atoms with Crippen LogP contribution in [0.5, 0.6) is 0 Å². The minimum absolute atomic E-state index is 0.314. The van der Waals surface area contributed by atoms with Gasteiger partial charge in [-0.25, -0.2) is 4.68 Å². The topological polar surface area (TPSA) is 56.1 Å². The van der Waals surface area contributed by atoms with Crippen LogP contribution in [-0.2, 0) is 11.3 Å². The Bertz CT molecular complexity index is 544. The van der Waals surface area contributed by atoms with Crippen molar-refractivity contribution in [2.24, 2.45) is 0 Å². The van der Waals surface area contributed by atoms with Gasteiger partial charge in [0.05, 0.1) is 13.2 Å². The summed E-state index contributed by atoms with van der Waals surface area (Å²) in [6.45, 7) is 1.63. The molecule has 1 aromatic carbocycles. The summed E-state index contributed by atoms with van der Waals surface area (Å²) < 4.78 is 7.08. The molecular formula is C10H8N4O. The van der Waals surface area contributed by atoms with E-state index in [0.29, 0.717) is 6.10 Å². The molecule has 1 saturated heterocycles. The van der Waals surface area contributed by atoms with Crippen LogP contribution < -0.4 is 0 Å². The third-order valence-corrected chi connectivity index (χ3v) is 2.93. The van der Waals surface area contributed by atoms with Crippen LogP contribution in [-0.4, -0.2) is 26.8 Å². The Morgan fingerprint density at radius 1 is 1.40 bits per heavy atom. The number of hydrogen-bond acceptors (Lipinski definition) is 4. The van der Waals surface area contributed by atoms with Crippen LogP contribution in [0.15, 0.2) is 18.2 Å². The third kappa shape index (κ3) is 0.979. The van der Waals surface area contributed by atoms with Crippen molar-refractivity contribution < 1.29 is 4.74 Å². The van der Waals surface area contributed by atoms with Gasteiger partial charge in [0.1, 0.15) is 6.10 Å². The van der Waals surface area contributed by atoms with Crippen molar-refractivity contribution in [2.75, 3.05) is 6.61 Å². The van der Waals surface area contributed by atoms with Crippen molar-refractivity contribution in [3.05, 3.63) is 29.3 Å². The highest BCUT2D eigenvalue weighted by atomic mass is 16.6. The van der Waals surface area contributed by atoms with E-state index in [0.717, 1.165) is 24.5 Å². The van der Waals surface area contributed by atoms with Crippen LogP contribution in [0.25, 0.3) is 11.4 Å². The first-order valence-electron chi connectivity index (χ1n) is 4.93. The van der Waals surface area contributed by atoms with Gasteiger partial charge >= 0.3 is 0 Å². The zero-order valence-electron chi connectivity index (χ0n) is 7.92. The van der Waals surface area contributed by atoms with Gasteiger partial charge in [-0.15, -0.1) is 5.10 Å². The summed E-state index contributed by atoms with van der Waals surface area (Å²) in [6.07, 6.45) is 0.314. The largest absolute Gasteiger partial charge is 0.368 e. The number of nitrogens with zero attached hydrogens (tertiary/aromatic N) is 4. The quantitative estimate of drug-likeness (QED) is 0.544. The average molecular weight is 200 g/mol. The molecule has 1 fully saturated rings. The Labute approximate surface area is 85.7 Å². The van der Waals surface area contributed by atoms with Crippen molar-refractivity contribution in [3.63, 3.8) is 0 Å². The lowest BCUT2D eigenvalue weighted by atomic mass is 10.0. The maximum atomic E-state index is 5.26. The zero-order chi connectivity index (χ0) is 9.83. The first kappa shape index (κ1) is 7.53. The molecule has 5 nitrogen and oxygen atoms in total. The number of tetrazole rings is 1. The van der Waals surface area contributed by atoms with Crippen molar-refractivity contribution >= 4 is 0 Å². The van der Waals surface area contributed by atoms with E-state index in [-0.39, 0.29) is 0 Å². The number of ether oxygens (including phenoxy) is 1. The van der Waals surface area contributed by atoms with Gasteiger partial charge in [-0.1, -0.05) is 18.2 Å². The summed E-state index contributed by atoms with van der Waals surface area (Å²) >= 11 is 0. The molecule has 2 aromatic rings. The molecule has 0 unspecified atom stereocenters. The van der Waals surface area contributed by atoms with Gasteiger partial charge in [0.2, 0.25) is 0 Å². The number of fused-ring (bicyclic) bond motifs is 3. The lowest BCUT2D eigenvalue weighted by molar-refractivity contribution is 0.415. The van der Waals surface area contributed by atoms with Gasteiger partial charge in [0.15, 0.2) is 5.82 Å². The molecule has 0 aliphatic carbocycles. The SMILES string of the molecule is c1cc2c(cc1[C@@H]1CO1)Cn1nnnc1-2. The summed E-state index contributed by atoms with van der Waals surface area (Å²) in [5.41, 5.74) is 3.66. The Morgan fingerprint density at radius 3 is 3.20 bits per heavy atom. The van der Waals surface area contributed by atoms with Gasteiger partial charge < -0.3 is 4.74 Å². The van der Waals surface area contributed by atoms with Crippen molar-refractivity contribution in [1.29, 1.82) is 0 Å². The molecule has 15 heavy (non-hydrogen) atoms. The average Bonchev–Trinajstić information content (AvgIpc) is 2.90. The van der Waals surface area contributed by atoms with E-state index < -0.39 is 0 Å². The van der Waals surface area contributed by atoms with Crippen molar-refractivity contribution in [2.45, 2.75) is 12.6 Å². The summed E-state index contributed by atoms with van der Waals surface area (Å²) in [6, 6.07) is 6.37. The van der Waals surface area contributed by atoms with Crippen LogP contribution in [0.2, 0.25) is 0 Å². The zero-order valence-corrected chi connectivity index (χ0v) is 7.92. The van der Waals surface area contributed by atoms with E-state index in [1.165, 1.54) is 11.1 Å². The number of aromatic nitrogens is 4. The van der Waals surface area contributed by atoms with E-state index in [4.69, 9.17) is 4.74 Å². The molecule has 1 aromatic heterocycles. The molecule has 2 aliphatic rings. The lowest BCUT2D eigenvalue weighted by Crippen LogP contribution is -1.95. The van der Waals surface area contributed by atoms with Crippen LogP contribution in [0.4, 0.5) is 0 Å². The Hall–Kier alpha value is -1.75. The molecule has 2 aliphatic heterocycles. The maximum absolute atomic E-state index is 5.26. The Kier molecular flexibility index (Phi) is 1.22. The van der Waals surface area contributed by atoms with Gasteiger partial charge in [-0.05, 0) is 21.6 Å². The molecule has 5 heteroatoms. The van der Waals surface area contributed by atoms with Crippen molar-refractivity contribution in [1.82, 2.24) is 20.2 Å². The fourth-order valence-electron chi connectivity index (χ4n) is 2.07. The smallest absolute Gasteiger partial charge is 0.182 e. The maximum Gasteiger partial charge on any atom is 0.182 e. The van der Waals surface area contributed by atoms with E-state index in [1.807, 2.05) is 4.68 Å². The second kappa shape index (κ2) is 2.43. The molecular weight excluding hydrogens is 192 g/mol. The van der Waals surface area contributed by atoms with Crippen LogP contribution in [0, 0.1) is 0 Å². The summed E-state index contributed by atoms with van der Waals surface area (Å²) in [5.74, 6) is 0.869. The predicted octanol–water partition coefficient (Wildman–Crippen LogP) is 0.773. The highest BCUT2D eigenvalue weighted by molar-refractivity contribution is 5.64. The molecule has 74 valence electrons. The van der Waals surface area contributed by atoms with Crippen LogP contribution in [0.1, 0.15) is 17.2 Å². The second-order valence-corrected chi connectivity index (χ2v) is 3.90. The van der Waals surface area contributed by atoms with E-state index in [2.05, 4.69) is 33.7 Å². The molecule has 0 radical (unpaired) electrons. The summed E-state index contributed by atoms with van der Waals surface area (Å²) in [7, 11) is 0. The fourth-order valence-corrected chi connectivity index (χ4v) is 2.07. The standard InChI is InChI=1S/C10H8N4O/c1-2-8-7(3-6(1)9-5-15-9)4-14-10(8)11-12-13-14/h1-3,9H,4-5H2/t9-/m0/s1. The highest BCUT2D eigenvalue weighted by Gasteiger charge is 2.28. The monoisotopic (exact) mass is 200 g/mol. The third-order valence-electron chi connectivity index (χ3n) is 2.93. The van der Waals surface area contributed by atoms with Gasteiger partial charge in [-0.3, -0.25) is 0 Å². The molecule has 0 bridgehead atoms. The van der Waals surface area contributed by atoms with E-state index >= 15 is 0 Å². The first-order chi connectivity index (χ1) is 7.42.